The normalized spacial score (nSPS) is 19.6. The fourth-order valence-corrected chi connectivity index (χ4v) is 2.26. The second-order valence-electron chi connectivity index (χ2n) is 4.43. The van der Waals surface area contributed by atoms with Crippen LogP contribution >= 0.6 is 0 Å². The molecule has 16 heavy (non-hydrogen) atoms. The van der Waals surface area contributed by atoms with Gasteiger partial charge in [0.15, 0.2) is 0 Å². The summed E-state index contributed by atoms with van der Waals surface area (Å²) in [6.45, 7) is 4.85. The molecule has 1 aromatic heterocycles. The van der Waals surface area contributed by atoms with Gasteiger partial charge in [0.25, 0.3) is 0 Å². The van der Waals surface area contributed by atoms with Crippen LogP contribution in [0.4, 0.5) is 0 Å². The summed E-state index contributed by atoms with van der Waals surface area (Å²) in [7, 11) is 0. The van der Waals surface area contributed by atoms with Crippen LogP contribution in [0.2, 0.25) is 0 Å². The standard InChI is InChI=1S/C12H20N4/c1-10-8-15-11(9-14-10)12(7-13)16-5-3-2-4-6-16/h8-9,12H,2-7,13H2,1H3. The Bertz CT molecular complexity index is 316. The Morgan fingerprint density at radius 3 is 2.56 bits per heavy atom. The van der Waals surface area contributed by atoms with Crippen molar-refractivity contribution in [3.05, 3.63) is 23.8 Å². The van der Waals surface area contributed by atoms with E-state index in [0.29, 0.717) is 6.54 Å². The molecule has 2 heterocycles. The third-order valence-electron chi connectivity index (χ3n) is 3.20. The number of rotatable bonds is 3. The lowest BCUT2D eigenvalue weighted by Crippen LogP contribution is -2.38. The lowest BCUT2D eigenvalue weighted by Gasteiger charge is -2.33. The maximum atomic E-state index is 5.86. The van der Waals surface area contributed by atoms with Crippen LogP contribution in [-0.2, 0) is 0 Å². The first-order valence-electron chi connectivity index (χ1n) is 6.04. The number of hydrogen-bond donors (Lipinski definition) is 1. The first-order valence-corrected chi connectivity index (χ1v) is 6.04. The van der Waals surface area contributed by atoms with Crippen LogP contribution in [0.3, 0.4) is 0 Å². The Hall–Kier alpha value is -1.00. The van der Waals surface area contributed by atoms with Gasteiger partial charge in [-0.25, -0.2) is 0 Å². The second-order valence-corrected chi connectivity index (χ2v) is 4.43. The molecule has 4 nitrogen and oxygen atoms in total. The van der Waals surface area contributed by atoms with Crippen molar-refractivity contribution in [3.63, 3.8) is 0 Å². The molecule has 2 N–H and O–H groups in total. The first-order chi connectivity index (χ1) is 7.81. The van der Waals surface area contributed by atoms with Crippen molar-refractivity contribution < 1.29 is 0 Å². The molecule has 1 unspecified atom stereocenters. The van der Waals surface area contributed by atoms with E-state index in [2.05, 4.69) is 14.9 Å². The number of aromatic nitrogens is 2. The molecule has 0 saturated carbocycles. The van der Waals surface area contributed by atoms with Crippen LogP contribution in [0.25, 0.3) is 0 Å². The Morgan fingerprint density at radius 2 is 2.00 bits per heavy atom. The highest BCUT2D eigenvalue weighted by Gasteiger charge is 2.21. The summed E-state index contributed by atoms with van der Waals surface area (Å²) in [6.07, 6.45) is 7.57. The molecule has 2 rings (SSSR count). The summed E-state index contributed by atoms with van der Waals surface area (Å²) < 4.78 is 0. The van der Waals surface area contributed by atoms with Crippen LogP contribution < -0.4 is 5.73 Å². The van der Waals surface area contributed by atoms with Crippen molar-refractivity contribution >= 4 is 0 Å². The molecule has 1 aliphatic rings. The fraction of sp³-hybridized carbons (Fsp3) is 0.667. The van der Waals surface area contributed by atoms with Gasteiger partial charge in [0.05, 0.1) is 23.6 Å². The van der Waals surface area contributed by atoms with Crippen molar-refractivity contribution in [2.75, 3.05) is 19.6 Å². The highest BCUT2D eigenvalue weighted by Crippen LogP contribution is 2.21. The van der Waals surface area contributed by atoms with E-state index < -0.39 is 0 Å². The Kier molecular flexibility index (Phi) is 3.85. The van der Waals surface area contributed by atoms with Crippen molar-refractivity contribution in [2.45, 2.75) is 32.2 Å². The van der Waals surface area contributed by atoms with Crippen molar-refractivity contribution in [1.29, 1.82) is 0 Å². The van der Waals surface area contributed by atoms with Gasteiger partial charge in [-0.2, -0.15) is 0 Å². The van der Waals surface area contributed by atoms with Crippen LogP contribution in [-0.4, -0.2) is 34.5 Å². The maximum Gasteiger partial charge on any atom is 0.0771 e. The Balaban J connectivity index is 2.11. The molecule has 0 aliphatic carbocycles. The fourth-order valence-electron chi connectivity index (χ4n) is 2.26. The zero-order valence-corrected chi connectivity index (χ0v) is 9.89. The lowest BCUT2D eigenvalue weighted by molar-refractivity contribution is 0.164. The largest absolute Gasteiger partial charge is 0.329 e. The van der Waals surface area contributed by atoms with Crippen LogP contribution in [0.5, 0.6) is 0 Å². The zero-order chi connectivity index (χ0) is 11.4. The molecular weight excluding hydrogens is 200 g/mol. The van der Waals surface area contributed by atoms with Gasteiger partial charge in [-0.05, 0) is 32.9 Å². The van der Waals surface area contributed by atoms with Crippen LogP contribution in [0.15, 0.2) is 12.4 Å². The summed E-state index contributed by atoms with van der Waals surface area (Å²) in [6, 6.07) is 0.244. The Labute approximate surface area is 96.9 Å². The van der Waals surface area contributed by atoms with E-state index in [-0.39, 0.29) is 6.04 Å². The van der Waals surface area contributed by atoms with Crippen LogP contribution in [0, 0.1) is 6.92 Å². The predicted molar refractivity (Wildman–Crippen MR) is 64.0 cm³/mol. The molecular formula is C12H20N4. The molecule has 0 bridgehead atoms. The molecule has 1 saturated heterocycles. The average molecular weight is 220 g/mol. The number of nitrogens with zero attached hydrogens (tertiary/aromatic N) is 3. The maximum absolute atomic E-state index is 5.86. The Morgan fingerprint density at radius 1 is 1.25 bits per heavy atom. The molecule has 1 fully saturated rings. The molecule has 0 spiro atoms. The molecule has 0 aromatic carbocycles. The van der Waals surface area contributed by atoms with E-state index in [9.17, 15) is 0 Å². The van der Waals surface area contributed by atoms with Crippen molar-refractivity contribution in [3.8, 4) is 0 Å². The van der Waals surface area contributed by atoms with E-state index in [1.165, 1.54) is 19.3 Å². The minimum atomic E-state index is 0.244. The van der Waals surface area contributed by atoms with Crippen molar-refractivity contribution in [1.82, 2.24) is 14.9 Å². The number of hydrogen-bond acceptors (Lipinski definition) is 4. The number of likely N-dealkylation sites (tertiary alicyclic amines) is 1. The second kappa shape index (κ2) is 5.37. The summed E-state index contributed by atoms with van der Waals surface area (Å²) >= 11 is 0. The van der Waals surface area contributed by atoms with Gasteiger partial charge in [-0.3, -0.25) is 14.9 Å². The van der Waals surface area contributed by atoms with E-state index in [1.54, 1.807) is 0 Å². The van der Waals surface area contributed by atoms with Gasteiger partial charge in [0, 0.05) is 12.7 Å². The summed E-state index contributed by atoms with van der Waals surface area (Å²) in [5.41, 5.74) is 7.83. The highest BCUT2D eigenvalue weighted by molar-refractivity contribution is 5.07. The predicted octanol–water partition coefficient (Wildman–Crippen LogP) is 1.27. The summed E-state index contributed by atoms with van der Waals surface area (Å²) in [5, 5.41) is 0. The quantitative estimate of drug-likeness (QED) is 0.833. The van der Waals surface area contributed by atoms with Crippen LogP contribution in [0.1, 0.15) is 36.7 Å². The van der Waals surface area contributed by atoms with E-state index in [0.717, 1.165) is 24.5 Å². The van der Waals surface area contributed by atoms with Gasteiger partial charge in [0.1, 0.15) is 0 Å². The SMILES string of the molecule is Cc1cnc(C(CN)N2CCCCC2)cn1. The van der Waals surface area contributed by atoms with E-state index in [4.69, 9.17) is 5.73 Å². The molecule has 4 heteroatoms. The number of piperidine rings is 1. The number of nitrogens with two attached hydrogens (primary N) is 1. The molecule has 0 amide bonds. The highest BCUT2D eigenvalue weighted by atomic mass is 15.2. The van der Waals surface area contributed by atoms with E-state index >= 15 is 0 Å². The monoisotopic (exact) mass is 220 g/mol. The van der Waals surface area contributed by atoms with Gasteiger partial charge < -0.3 is 5.73 Å². The van der Waals surface area contributed by atoms with Gasteiger partial charge in [0.2, 0.25) is 0 Å². The third kappa shape index (κ3) is 2.57. The molecule has 1 aromatic rings. The molecule has 1 atom stereocenters. The van der Waals surface area contributed by atoms with Gasteiger partial charge in [-0.1, -0.05) is 6.42 Å². The average Bonchev–Trinajstić information content (AvgIpc) is 2.34. The third-order valence-corrected chi connectivity index (χ3v) is 3.20. The lowest BCUT2D eigenvalue weighted by atomic mass is 10.1. The smallest absolute Gasteiger partial charge is 0.0771 e. The zero-order valence-electron chi connectivity index (χ0n) is 9.89. The van der Waals surface area contributed by atoms with Crippen molar-refractivity contribution in [2.24, 2.45) is 5.73 Å². The summed E-state index contributed by atoms with van der Waals surface area (Å²) in [4.78, 5) is 11.2. The minimum Gasteiger partial charge on any atom is -0.329 e. The molecule has 88 valence electrons. The van der Waals surface area contributed by atoms with E-state index in [1.807, 2.05) is 19.3 Å². The summed E-state index contributed by atoms with van der Waals surface area (Å²) in [5.74, 6) is 0. The van der Waals surface area contributed by atoms with Gasteiger partial charge in [-0.15, -0.1) is 0 Å². The van der Waals surface area contributed by atoms with Gasteiger partial charge >= 0.3 is 0 Å². The number of aryl methyl sites for hydroxylation is 1. The molecule has 0 radical (unpaired) electrons. The minimum absolute atomic E-state index is 0.244. The molecule has 1 aliphatic heterocycles. The first kappa shape index (κ1) is 11.5. The topological polar surface area (TPSA) is 55.0 Å².